The number of pyridine rings is 1. The molecule has 5 rings (SSSR count). The Bertz CT molecular complexity index is 1150. The number of allylic oxidation sites excluding steroid dienone is 2. The van der Waals surface area contributed by atoms with Crippen molar-refractivity contribution in [2.24, 2.45) is 10.5 Å². The first kappa shape index (κ1) is 17.3. The SMILES string of the molecule is Cc1c2n(cc(C3=NNCO3)c1=O)C(C)(C)C(C)(C)C1=C2Cc2ccccc21. The summed E-state index contributed by atoms with van der Waals surface area (Å²) < 4.78 is 7.82. The van der Waals surface area contributed by atoms with Crippen LogP contribution in [0.4, 0.5) is 0 Å². The maximum absolute atomic E-state index is 13.2. The highest BCUT2D eigenvalue weighted by Gasteiger charge is 2.50. The van der Waals surface area contributed by atoms with Crippen LogP contribution >= 0.6 is 0 Å². The number of nitrogens with zero attached hydrogens (tertiary/aromatic N) is 2. The Morgan fingerprint density at radius 3 is 2.61 bits per heavy atom. The molecule has 0 unspecified atom stereocenters. The van der Waals surface area contributed by atoms with Gasteiger partial charge in [0, 0.05) is 29.1 Å². The molecular weight excluding hydrogens is 350 g/mol. The first-order valence-electron chi connectivity index (χ1n) is 9.78. The zero-order valence-electron chi connectivity index (χ0n) is 17.0. The molecule has 0 atom stereocenters. The minimum atomic E-state index is -0.238. The van der Waals surface area contributed by atoms with Gasteiger partial charge in [-0.05, 0) is 43.0 Å². The molecule has 0 spiro atoms. The molecule has 1 aromatic carbocycles. The molecule has 1 aliphatic carbocycles. The van der Waals surface area contributed by atoms with Gasteiger partial charge in [0.15, 0.2) is 12.2 Å². The predicted octanol–water partition coefficient (Wildman–Crippen LogP) is 3.64. The van der Waals surface area contributed by atoms with Crippen LogP contribution in [-0.4, -0.2) is 17.2 Å². The van der Waals surface area contributed by atoms with Crippen molar-refractivity contribution in [3.63, 3.8) is 0 Å². The summed E-state index contributed by atoms with van der Waals surface area (Å²) in [6.45, 7) is 11.4. The molecule has 0 saturated carbocycles. The molecule has 1 N–H and O–H groups in total. The van der Waals surface area contributed by atoms with E-state index in [1.54, 1.807) is 0 Å². The fraction of sp³-hybridized carbons (Fsp3) is 0.391. The van der Waals surface area contributed by atoms with Gasteiger partial charge in [0.1, 0.15) is 5.56 Å². The van der Waals surface area contributed by atoms with E-state index >= 15 is 0 Å². The third-order valence-electron chi connectivity index (χ3n) is 7.12. The smallest absolute Gasteiger partial charge is 0.245 e. The van der Waals surface area contributed by atoms with Crippen LogP contribution in [0, 0.1) is 12.3 Å². The molecule has 2 aromatic rings. The van der Waals surface area contributed by atoms with E-state index in [9.17, 15) is 4.79 Å². The van der Waals surface area contributed by atoms with Crippen molar-refractivity contribution >= 4 is 17.0 Å². The molecule has 2 aliphatic heterocycles. The number of fused-ring (bicyclic) bond motifs is 4. The number of nitrogens with one attached hydrogen (secondary N) is 1. The van der Waals surface area contributed by atoms with Crippen molar-refractivity contribution < 1.29 is 4.74 Å². The number of hydrogen-bond acceptors (Lipinski definition) is 4. The molecule has 0 amide bonds. The van der Waals surface area contributed by atoms with E-state index in [0.29, 0.717) is 18.2 Å². The number of aromatic nitrogens is 1. The fourth-order valence-electron chi connectivity index (χ4n) is 4.97. The lowest BCUT2D eigenvalue weighted by molar-refractivity contribution is 0.174. The summed E-state index contributed by atoms with van der Waals surface area (Å²) in [5.41, 5.74) is 10.1. The molecule has 5 heteroatoms. The van der Waals surface area contributed by atoms with Gasteiger partial charge in [0.05, 0.1) is 5.69 Å². The Hall–Kier alpha value is -2.82. The highest BCUT2D eigenvalue weighted by Crippen LogP contribution is 2.58. The van der Waals surface area contributed by atoms with Gasteiger partial charge in [0.2, 0.25) is 5.90 Å². The van der Waals surface area contributed by atoms with E-state index in [-0.39, 0.29) is 16.4 Å². The number of hydrazone groups is 1. The van der Waals surface area contributed by atoms with Gasteiger partial charge < -0.3 is 9.30 Å². The van der Waals surface area contributed by atoms with Crippen LogP contribution in [0.5, 0.6) is 0 Å². The molecule has 5 nitrogen and oxygen atoms in total. The highest BCUT2D eigenvalue weighted by atomic mass is 16.5. The Morgan fingerprint density at radius 1 is 1.14 bits per heavy atom. The summed E-state index contributed by atoms with van der Waals surface area (Å²) in [6, 6.07) is 8.63. The number of ether oxygens (including phenoxy) is 1. The summed E-state index contributed by atoms with van der Waals surface area (Å²) in [5, 5.41) is 4.16. The molecule has 3 heterocycles. The molecule has 0 bridgehead atoms. The Balaban J connectivity index is 1.86. The van der Waals surface area contributed by atoms with Gasteiger partial charge in [-0.15, -0.1) is 5.10 Å². The van der Waals surface area contributed by atoms with Crippen LogP contribution in [-0.2, 0) is 16.7 Å². The van der Waals surface area contributed by atoms with Crippen molar-refractivity contribution in [1.82, 2.24) is 9.99 Å². The topological polar surface area (TPSA) is 55.6 Å². The van der Waals surface area contributed by atoms with Crippen molar-refractivity contribution in [2.75, 3.05) is 6.73 Å². The third kappa shape index (κ3) is 1.96. The van der Waals surface area contributed by atoms with E-state index in [0.717, 1.165) is 17.7 Å². The Labute approximate surface area is 164 Å². The van der Waals surface area contributed by atoms with Gasteiger partial charge in [-0.1, -0.05) is 38.1 Å². The summed E-state index contributed by atoms with van der Waals surface area (Å²) >= 11 is 0. The second-order valence-corrected chi connectivity index (χ2v) is 8.95. The largest absolute Gasteiger partial charge is 0.453 e. The van der Waals surface area contributed by atoms with Crippen LogP contribution in [0.3, 0.4) is 0 Å². The molecular formula is C23H25N3O2. The summed E-state index contributed by atoms with van der Waals surface area (Å²) in [7, 11) is 0. The predicted molar refractivity (Wildman–Crippen MR) is 111 cm³/mol. The average molecular weight is 375 g/mol. The summed E-state index contributed by atoms with van der Waals surface area (Å²) in [5.74, 6) is 0.381. The lowest BCUT2D eigenvalue weighted by atomic mass is 9.64. The molecule has 144 valence electrons. The van der Waals surface area contributed by atoms with Crippen LogP contribution in [0.1, 0.15) is 55.6 Å². The van der Waals surface area contributed by atoms with Crippen molar-refractivity contribution in [1.29, 1.82) is 0 Å². The van der Waals surface area contributed by atoms with Gasteiger partial charge in [-0.25, -0.2) is 0 Å². The van der Waals surface area contributed by atoms with Gasteiger partial charge in [-0.3, -0.25) is 10.2 Å². The number of hydrogen-bond donors (Lipinski definition) is 1. The zero-order valence-corrected chi connectivity index (χ0v) is 17.0. The van der Waals surface area contributed by atoms with Crippen LogP contribution in [0.2, 0.25) is 0 Å². The first-order valence-corrected chi connectivity index (χ1v) is 9.78. The Morgan fingerprint density at radius 2 is 1.89 bits per heavy atom. The first-order chi connectivity index (χ1) is 13.2. The minimum Gasteiger partial charge on any atom is -0.453 e. The maximum Gasteiger partial charge on any atom is 0.245 e. The normalized spacial score (nSPS) is 20.7. The monoisotopic (exact) mass is 375 g/mol. The van der Waals surface area contributed by atoms with Crippen LogP contribution in [0.25, 0.3) is 11.1 Å². The quantitative estimate of drug-likeness (QED) is 0.828. The van der Waals surface area contributed by atoms with Crippen molar-refractivity contribution in [2.45, 2.75) is 46.6 Å². The second kappa shape index (κ2) is 5.37. The van der Waals surface area contributed by atoms with E-state index < -0.39 is 0 Å². The average Bonchev–Trinajstić information content (AvgIpc) is 3.30. The van der Waals surface area contributed by atoms with E-state index in [4.69, 9.17) is 4.74 Å². The number of benzene rings is 1. The van der Waals surface area contributed by atoms with Crippen molar-refractivity contribution in [3.8, 4) is 0 Å². The lowest BCUT2D eigenvalue weighted by Gasteiger charge is -2.50. The lowest BCUT2D eigenvalue weighted by Crippen LogP contribution is -2.47. The van der Waals surface area contributed by atoms with Gasteiger partial charge in [0.25, 0.3) is 0 Å². The van der Waals surface area contributed by atoms with Gasteiger partial charge >= 0.3 is 0 Å². The molecule has 0 saturated heterocycles. The van der Waals surface area contributed by atoms with Crippen molar-refractivity contribution in [3.05, 3.63) is 68.6 Å². The van der Waals surface area contributed by atoms with E-state index in [2.05, 4.69) is 67.1 Å². The second-order valence-electron chi connectivity index (χ2n) is 8.95. The maximum atomic E-state index is 13.2. The Kier molecular flexibility index (Phi) is 3.32. The molecule has 3 aliphatic rings. The standard InChI is InChI=1S/C23H25N3O2/c1-13-19-16-10-14-8-6-7-9-15(14)18(16)22(2,3)23(4,5)26(19)11-17(20(13)27)21-25-24-12-28-21/h6-9,11,24H,10,12H2,1-5H3. The molecule has 28 heavy (non-hydrogen) atoms. The molecule has 0 fully saturated rings. The van der Waals surface area contributed by atoms with Crippen LogP contribution < -0.4 is 10.9 Å². The van der Waals surface area contributed by atoms with E-state index in [1.165, 1.54) is 22.3 Å². The minimum absolute atomic E-state index is 0.00740. The zero-order chi connectivity index (χ0) is 19.8. The summed E-state index contributed by atoms with van der Waals surface area (Å²) in [6.07, 6.45) is 2.81. The van der Waals surface area contributed by atoms with Gasteiger partial charge in [-0.2, -0.15) is 0 Å². The number of rotatable bonds is 1. The summed E-state index contributed by atoms with van der Waals surface area (Å²) in [4.78, 5) is 13.2. The van der Waals surface area contributed by atoms with E-state index in [1.807, 2.05) is 13.1 Å². The highest BCUT2D eigenvalue weighted by molar-refractivity contribution is 6.01. The molecule has 1 aromatic heterocycles. The third-order valence-corrected chi connectivity index (χ3v) is 7.12. The molecule has 0 radical (unpaired) electrons. The fourth-order valence-corrected chi connectivity index (χ4v) is 4.97. The van der Waals surface area contributed by atoms with Crippen LogP contribution in [0.15, 0.2) is 40.4 Å².